The highest BCUT2D eigenvalue weighted by Gasteiger charge is 2.45. The van der Waals surface area contributed by atoms with Crippen molar-refractivity contribution in [2.45, 2.75) is 26.3 Å². The molecule has 7 heteroatoms. The second-order valence-corrected chi connectivity index (χ2v) is 8.35. The molecule has 5 rings (SSSR count). The van der Waals surface area contributed by atoms with E-state index in [0.29, 0.717) is 36.2 Å². The maximum atomic E-state index is 14.9. The quantitative estimate of drug-likeness (QED) is 0.651. The molecule has 0 radical (unpaired) electrons. The van der Waals surface area contributed by atoms with E-state index in [0.717, 1.165) is 24.4 Å². The molecule has 0 N–H and O–H groups in total. The molecule has 2 aliphatic rings. The van der Waals surface area contributed by atoms with Gasteiger partial charge in [-0.15, -0.1) is 0 Å². The molecule has 6 nitrogen and oxygen atoms in total. The average Bonchev–Trinajstić information content (AvgIpc) is 2.74. The number of pyridine rings is 1. The summed E-state index contributed by atoms with van der Waals surface area (Å²) in [5.74, 6) is 0.418. The van der Waals surface area contributed by atoms with E-state index in [2.05, 4.69) is 19.9 Å². The topological polar surface area (TPSA) is 62.2 Å². The van der Waals surface area contributed by atoms with Crippen LogP contribution in [0.1, 0.15) is 28.2 Å². The summed E-state index contributed by atoms with van der Waals surface area (Å²) in [7, 11) is 0. The Morgan fingerprint density at radius 1 is 1.06 bits per heavy atom. The van der Waals surface area contributed by atoms with Gasteiger partial charge in [0.2, 0.25) is 5.95 Å². The highest BCUT2D eigenvalue weighted by Crippen LogP contribution is 2.36. The standard InChI is InChI=1S/C24H24FN5O/c1-15-12-16(2)28-24(27-15)30-13-17-9-11-29(14-21(17)30)23(31)22-18(6-5-7-19(22)25)20-8-3-4-10-26-20/h3-8,10,12,17,21H,9,11,13-14H2,1-2H3. The lowest BCUT2D eigenvalue weighted by Gasteiger charge is -2.53. The van der Waals surface area contributed by atoms with E-state index in [1.54, 1.807) is 35.4 Å². The SMILES string of the molecule is Cc1cc(C)nc(N2CC3CCN(C(=O)c4c(F)cccc4-c4ccccn4)CC32)n1. The van der Waals surface area contributed by atoms with Crippen LogP contribution in [0.5, 0.6) is 0 Å². The summed E-state index contributed by atoms with van der Waals surface area (Å²) in [6, 6.07) is 12.3. The minimum absolute atomic E-state index is 0.0909. The highest BCUT2D eigenvalue weighted by atomic mass is 19.1. The van der Waals surface area contributed by atoms with Gasteiger partial charge in [0.05, 0.1) is 17.3 Å². The van der Waals surface area contributed by atoms with Crippen LogP contribution in [0.2, 0.25) is 0 Å². The number of carbonyl (C=O) groups excluding carboxylic acids is 1. The lowest BCUT2D eigenvalue weighted by Crippen LogP contribution is -2.65. The number of anilines is 1. The molecule has 2 fully saturated rings. The monoisotopic (exact) mass is 417 g/mol. The van der Waals surface area contributed by atoms with Crippen molar-refractivity contribution in [1.82, 2.24) is 19.9 Å². The maximum absolute atomic E-state index is 14.9. The molecule has 2 unspecified atom stereocenters. The third-order valence-corrected chi connectivity index (χ3v) is 6.24. The van der Waals surface area contributed by atoms with Gasteiger partial charge in [-0.1, -0.05) is 18.2 Å². The summed E-state index contributed by atoms with van der Waals surface area (Å²) in [6.07, 6.45) is 2.54. The number of amides is 1. The van der Waals surface area contributed by atoms with Gasteiger partial charge < -0.3 is 9.80 Å². The van der Waals surface area contributed by atoms with Crippen LogP contribution in [0.25, 0.3) is 11.3 Å². The molecule has 1 aromatic carbocycles. The minimum Gasteiger partial charge on any atom is -0.336 e. The van der Waals surface area contributed by atoms with Crippen molar-refractivity contribution in [2.75, 3.05) is 24.5 Å². The van der Waals surface area contributed by atoms with Crippen molar-refractivity contribution in [3.05, 3.63) is 71.4 Å². The average molecular weight is 417 g/mol. The van der Waals surface area contributed by atoms with Gasteiger partial charge in [0.15, 0.2) is 0 Å². The first-order valence-electron chi connectivity index (χ1n) is 10.6. The van der Waals surface area contributed by atoms with Crippen LogP contribution in [0.4, 0.5) is 10.3 Å². The Labute approximate surface area is 180 Å². The Bertz CT molecular complexity index is 1120. The molecule has 2 aliphatic heterocycles. The molecule has 2 aromatic heterocycles. The molecule has 0 bridgehead atoms. The number of piperidine rings is 1. The predicted octanol–water partition coefficient (Wildman–Crippen LogP) is 3.65. The number of likely N-dealkylation sites (tertiary alicyclic amines) is 1. The van der Waals surface area contributed by atoms with E-state index in [1.807, 2.05) is 26.0 Å². The maximum Gasteiger partial charge on any atom is 0.257 e. The number of fused-ring (bicyclic) bond motifs is 1. The lowest BCUT2D eigenvalue weighted by molar-refractivity contribution is 0.0585. The molecule has 0 saturated carbocycles. The number of carbonyl (C=O) groups is 1. The van der Waals surface area contributed by atoms with E-state index in [-0.39, 0.29) is 17.5 Å². The summed E-state index contributed by atoms with van der Waals surface area (Å²) < 4.78 is 14.9. The van der Waals surface area contributed by atoms with Crippen LogP contribution in [0.15, 0.2) is 48.7 Å². The van der Waals surface area contributed by atoms with E-state index in [4.69, 9.17) is 0 Å². The molecule has 2 atom stereocenters. The number of rotatable bonds is 3. The van der Waals surface area contributed by atoms with Gasteiger partial charge in [-0.25, -0.2) is 14.4 Å². The second-order valence-electron chi connectivity index (χ2n) is 8.35. The van der Waals surface area contributed by atoms with Gasteiger partial charge >= 0.3 is 0 Å². The largest absolute Gasteiger partial charge is 0.336 e. The molecule has 31 heavy (non-hydrogen) atoms. The Morgan fingerprint density at radius 2 is 1.87 bits per heavy atom. The zero-order valence-electron chi connectivity index (χ0n) is 17.6. The van der Waals surface area contributed by atoms with Gasteiger partial charge in [0, 0.05) is 48.7 Å². The van der Waals surface area contributed by atoms with Crippen LogP contribution >= 0.6 is 0 Å². The van der Waals surface area contributed by atoms with Crippen LogP contribution in [-0.4, -0.2) is 51.4 Å². The van der Waals surface area contributed by atoms with Crippen molar-refractivity contribution in [2.24, 2.45) is 5.92 Å². The Kier molecular flexibility index (Phi) is 4.88. The van der Waals surface area contributed by atoms with Crippen molar-refractivity contribution >= 4 is 11.9 Å². The summed E-state index contributed by atoms with van der Waals surface area (Å²) in [5, 5.41) is 0. The molecule has 4 heterocycles. The molecule has 1 amide bonds. The second kappa shape index (κ2) is 7.72. The fourth-order valence-electron chi connectivity index (χ4n) is 4.68. The number of benzene rings is 1. The minimum atomic E-state index is -0.515. The molecule has 158 valence electrons. The molecule has 0 aliphatic carbocycles. The van der Waals surface area contributed by atoms with Gasteiger partial charge in [-0.3, -0.25) is 9.78 Å². The highest BCUT2D eigenvalue weighted by molar-refractivity contribution is 6.00. The molecule has 0 spiro atoms. The van der Waals surface area contributed by atoms with Gasteiger partial charge in [-0.05, 0) is 44.5 Å². The van der Waals surface area contributed by atoms with Crippen LogP contribution in [-0.2, 0) is 0 Å². The molecule has 3 aromatic rings. The fourth-order valence-corrected chi connectivity index (χ4v) is 4.68. The van der Waals surface area contributed by atoms with Crippen LogP contribution in [0, 0.1) is 25.6 Å². The number of halogens is 1. The first-order valence-corrected chi connectivity index (χ1v) is 10.6. The number of aryl methyl sites for hydroxylation is 2. The van der Waals surface area contributed by atoms with Crippen molar-refractivity contribution < 1.29 is 9.18 Å². The zero-order chi connectivity index (χ0) is 21.5. The molecular weight excluding hydrogens is 393 g/mol. The summed E-state index contributed by atoms with van der Waals surface area (Å²) >= 11 is 0. The number of hydrogen-bond acceptors (Lipinski definition) is 5. The third kappa shape index (κ3) is 3.54. The van der Waals surface area contributed by atoms with Gasteiger partial charge in [0.1, 0.15) is 5.82 Å². The first-order chi connectivity index (χ1) is 15.0. The van der Waals surface area contributed by atoms with Crippen molar-refractivity contribution in [3.8, 4) is 11.3 Å². The molecule has 2 saturated heterocycles. The predicted molar refractivity (Wildman–Crippen MR) is 116 cm³/mol. The first kappa shape index (κ1) is 19.6. The van der Waals surface area contributed by atoms with E-state index >= 15 is 0 Å². The van der Waals surface area contributed by atoms with Crippen LogP contribution < -0.4 is 4.90 Å². The van der Waals surface area contributed by atoms with E-state index in [1.165, 1.54) is 6.07 Å². The molecular formula is C24H24FN5O. The normalized spacial score (nSPS) is 20.2. The smallest absolute Gasteiger partial charge is 0.257 e. The lowest BCUT2D eigenvalue weighted by atomic mass is 9.82. The van der Waals surface area contributed by atoms with Gasteiger partial charge in [0.25, 0.3) is 5.91 Å². The van der Waals surface area contributed by atoms with Crippen molar-refractivity contribution in [1.29, 1.82) is 0 Å². The Hall–Kier alpha value is -3.35. The Morgan fingerprint density at radius 3 is 2.61 bits per heavy atom. The Balaban J connectivity index is 1.42. The van der Waals surface area contributed by atoms with E-state index < -0.39 is 5.82 Å². The fraction of sp³-hybridized carbons (Fsp3) is 0.333. The number of nitrogens with zero attached hydrogens (tertiary/aromatic N) is 5. The third-order valence-electron chi connectivity index (χ3n) is 6.24. The summed E-state index contributed by atoms with van der Waals surface area (Å²) in [6.45, 7) is 5.98. The zero-order valence-corrected chi connectivity index (χ0v) is 17.6. The van der Waals surface area contributed by atoms with Gasteiger partial charge in [-0.2, -0.15) is 0 Å². The van der Waals surface area contributed by atoms with Crippen molar-refractivity contribution in [3.63, 3.8) is 0 Å². The number of hydrogen-bond donors (Lipinski definition) is 0. The van der Waals surface area contributed by atoms with E-state index in [9.17, 15) is 9.18 Å². The summed E-state index contributed by atoms with van der Waals surface area (Å²) in [5.41, 5.74) is 3.07. The van der Waals surface area contributed by atoms with Crippen LogP contribution in [0.3, 0.4) is 0 Å². The number of aromatic nitrogens is 3. The summed E-state index contributed by atoms with van der Waals surface area (Å²) in [4.78, 5) is 30.9.